The molecular weight excluding hydrogens is 367 g/mol. The molecule has 5 rings (SSSR count). The van der Waals surface area contributed by atoms with Gasteiger partial charge in [-0.05, 0) is 29.7 Å². The first-order valence-corrected chi connectivity index (χ1v) is 9.98. The van der Waals surface area contributed by atoms with Crippen LogP contribution in [-0.4, -0.2) is 40.2 Å². The van der Waals surface area contributed by atoms with Crippen LogP contribution in [-0.2, 0) is 7.05 Å². The number of hydrogen-bond donors (Lipinski definition) is 1. The molecule has 5 nitrogen and oxygen atoms in total. The van der Waals surface area contributed by atoms with Crippen LogP contribution in [0.15, 0.2) is 60.7 Å². The van der Waals surface area contributed by atoms with Crippen LogP contribution in [0.2, 0.25) is 0 Å². The van der Waals surface area contributed by atoms with Gasteiger partial charge < -0.3 is 10.2 Å². The Morgan fingerprint density at radius 3 is 2.72 bits per heavy atom. The Morgan fingerprint density at radius 1 is 1.10 bits per heavy atom. The Labute approximate surface area is 169 Å². The van der Waals surface area contributed by atoms with Crippen molar-refractivity contribution in [3.63, 3.8) is 0 Å². The van der Waals surface area contributed by atoms with Crippen LogP contribution in [0.5, 0.6) is 0 Å². The third-order valence-electron chi connectivity index (χ3n) is 6.18. The van der Waals surface area contributed by atoms with Gasteiger partial charge in [0.25, 0.3) is 5.91 Å². The normalized spacial score (nSPS) is 23.4. The standard InChI is InChI=1S/C23H23FN4O/c1-27-21(11-20(26-27)15-6-3-2-4-7-15)23(29)28-14-17-12-25-13-19(17)22(28)16-8-5-9-18(24)10-16/h2-11,17,19,22,25H,12-14H2,1H3/t17-,19-,22-/m0/s1. The largest absolute Gasteiger partial charge is 0.330 e. The minimum Gasteiger partial charge on any atom is -0.330 e. The molecule has 2 aliphatic heterocycles. The minimum atomic E-state index is -0.267. The van der Waals surface area contributed by atoms with E-state index in [1.54, 1.807) is 23.9 Å². The van der Waals surface area contributed by atoms with Gasteiger partial charge in [-0.1, -0.05) is 42.5 Å². The lowest BCUT2D eigenvalue weighted by atomic mass is 9.89. The molecule has 148 valence electrons. The van der Waals surface area contributed by atoms with E-state index < -0.39 is 0 Å². The summed E-state index contributed by atoms with van der Waals surface area (Å²) < 4.78 is 15.6. The van der Waals surface area contributed by atoms with Crippen molar-refractivity contribution in [2.75, 3.05) is 19.6 Å². The molecule has 1 aromatic heterocycles. The van der Waals surface area contributed by atoms with Crippen LogP contribution in [0.25, 0.3) is 11.3 Å². The van der Waals surface area contributed by atoms with Crippen molar-refractivity contribution in [2.24, 2.45) is 18.9 Å². The first-order chi connectivity index (χ1) is 14.1. The van der Waals surface area contributed by atoms with Crippen LogP contribution in [0.3, 0.4) is 0 Å². The van der Waals surface area contributed by atoms with E-state index in [1.807, 2.05) is 47.4 Å². The highest BCUT2D eigenvalue weighted by Gasteiger charge is 2.47. The Morgan fingerprint density at radius 2 is 1.93 bits per heavy atom. The molecule has 2 aromatic carbocycles. The summed E-state index contributed by atoms with van der Waals surface area (Å²) in [5.74, 6) is 0.360. The lowest BCUT2D eigenvalue weighted by molar-refractivity contribution is 0.0702. The second-order valence-electron chi connectivity index (χ2n) is 7.94. The number of aromatic nitrogens is 2. The summed E-state index contributed by atoms with van der Waals surface area (Å²) in [5.41, 5.74) is 3.17. The zero-order chi connectivity index (χ0) is 20.0. The molecular formula is C23H23FN4O. The molecule has 29 heavy (non-hydrogen) atoms. The van der Waals surface area contributed by atoms with Gasteiger partial charge in [-0.3, -0.25) is 9.48 Å². The molecule has 0 unspecified atom stereocenters. The monoisotopic (exact) mass is 390 g/mol. The molecule has 0 aliphatic carbocycles. The molecule has 2 saturated heterocycles. The summed E-state index contributed by atoms with van der Waals surface area (Å²) in [6, 6.07) is 18.2. The molecule has 0 bridgehead atoms. The van der Waals surface area contributed by atoms with E-state index in [-0.39, 0.29) is 17.8 Å². The van der Waals surface area contributed by atoms with E-state index in [0.29, 0.717) is 24.1 Å². The summed E-state index contributed by atoms with van der Waals surface area (Å²) in [6.07, 6.45) is 0. The number of amides is 1. The van der Waals surface area contributed by atoms with Gasteiger partial charge in [0.05, 0.1) is 11.7 Å². The highest BCUT2D eigenvalue weighted by Crippen LogP contribution is 2.43. The molecule has 6 heteroatoms. The molecule has 0 saturated carbocycles. The first kappa shape index (κ1) is 18.1. The van der Waals surface area contributed by atoms with E-state index >= 15 is 0 Å². The van der Waals surface area contributed by atoms with Crippen molar-refractivity contribution < 1.29 is 9.18 Å². The molecule has 1 amide bonds. The molecule has 2 fully saturated rings. The Balaban J connectivity index is 1.51. The van der Waals surface area contributed by atoms with Crippen molar-refractivity contribution >= 4 is 5.91 Å². The lowest BCUT2D eigenvalue weighted by Gasteiger charge is -2.28. The van der Waals surface area contributed by atoms with E-state index in [9.17, 15) is 9.18 Å². The number of carbonyl (C=O) groups is 1. The van der Waals surface area contributed by atoms with E-state index in [1.165, 1.54) is 6.07 Å². The number of nitrogens with zero attached hydrogens (tertiary/aromatic N) is 3. The molecule has 3 atom stereocenters. The highest BCUT2D eigenvalue weighted by atomic mass is 19.1. The van der Waals surface area contributed by atoms with Crippen molar-refractivity contribution in [1.82, 2.24) is 20.0 Å². The molecule has 3 heterocycles. The fraction of sp³-hybridized carbons (Fsp3) is 0.304. The maximum atomic E-state index is 13.9. The van der Waals surface area contributed by atoms with Gasteiger partial charge >= 0.3 is 0 Å². The van der Waals surface area contributed by atoms with Gasteiger partial charge in [0.1, 0.15) is 11.5 Å². The van der Waals surface area contributed by atoms with Crippen LogP contribution < -0.4 is 5.32 Å². The number of hydrogen-bond acceptors (Lipinski definition) is 3. The smallest absolute Gasteiger partial charge is 0.272 e. The van der Waals surface area contributed by atoms with Gasteiger partial charge in [0.15, 0.2) is 0 Å². The molecule has 0 spiro atoms. The van der Waals surface area contributed by atoms with Gasteiger partial charge in [0.2, 0.25) is 0 Å². The number of fused-ring (bicyclic) bond motifs is 1. The quantitative estimate of drug-likeness (QED) is 0.747. The van der Waals surface area contributed by atoms with Crippen LogP contribution >= 0.6 is 0 Å². The number of nitrogens with one attached hydrogen (secondary N) is 1. The van der Waals surface area contributed by atoms with Crippen molar-refractivity contribution in [2.45, 2.75) is 6.04 Å². The van der Waals surface area contributed by atoms with E-state index in [2.05, 4.69) is 10.4 Å². The van der Waals surface area contributed by atoms with Crippen molar-refractivity contribution in [3.8, 4) is 11.3 Å². The second kappa shape index (κ2) is 7.12. The zero-order valence-electron chi connectivity index (χ0n) is 16.3. The number of likely N-dealkylation sites (tertiary alicyclic amines) is 1. The van der Waals surface area contributed by atoms with Gasteiger partial charge in [-0.15, -0.1) is 0 Å². The SMILES string of the molecule is Cn1nc(-c2ccccc2)cc1C(=O)N1C[C@@H]2CNC[C@@H]2[C@@H]1c1cccc(F)c1. The Bertz CT molecular complexity index is 1050. The molecule has 2 aliphatic rings. The number of halogens is 1. The molecule has 1 N–H and O–H groups in total. The maximum absolute atomic E-state index is 13.9. The lowest BCUT2D eigenvalue weighted by Crippen LogP contribution is -2.35. The summed E-state index contributed by atoms with van der Waals surface area (Å²) in [7, 11) is 1.80. The Kier molecular flexibility index (Phi) is 4.43. The van der Waals surface area contributed by atoms with Gasteiger partial charge in [0, 0.05) is 38.2 Å². The summed E-state index contributed by atoms with van der Waals surface area (Å²) in [5, 5.41) is 7.98. The fourth-order valence-corrected chi connectivity index (χ4v) is 4.81. The number of aryl methyl sites for hydroxylation is 1. The summed E-state index contributed by atoms with van der Waals surface area (Å²) in [4.78, 5) is 15.5. The first-order valence-electron chi connectivity index (χ1n) is 9.98. The number of carbonyl (C=O) groups excluding carboxylic acids is 1. The zero-order valence-corrected chi connectivity index (χ0v) is 16.3. The topological polar surface area (TPSA) is 50.2 Å². The molecule has 0 radical (unpaired) electrons. The third-order valence-corrected chi connectivity index (χ3v) is 6.18. The van der Waals surface area contributed by atoms with Gasteiger partial charge in [-0.2, -0.15) is 5.10 Å². The second-order valence-corrected chi connectivity index (χ2v) is 7.94. The maximum Gasteiger partial charge on any atom is 0.272 e. The number of benzene rings is 2. The average Bonchev–Trinajstić information content (AvgIpc) is 3.42. The third kappa shape index (κ3) is 3.13. The minimum absolute atomic E-state index is 0.0501. The fourth-order valence-electron chi connectivity index (χ4n) is 4.81. The Hall–Kier alpha value is -2.99. The summed E-state index contributed by atoms with van der Waals surface area (Å²) in [6.45, 7) is 2.40. The predicted octanol–water partition coefficient (Wildman–Crippen LogP) is 3.26. The van der Waals surface area contributed by atoms with Crippen molar-refractivity contribution in [1.29, 1.82) is 0 Å². The van der Waals surface area contributed by atoms with Crippen LogP contribution in [0, 0.1) is 17.7 Å². The van der Waals surface area contributed by atoms with Crippen LogP contribution in [0.1, 0.15) is 22.1 Å². The van der Waals surface area contributed by atoms with Gasteiger partial charge in [-0.25, -0.2) is 4.39 Å². The van der Waals surface area contributed by atoms with E-state index in [4.69, 9.17) is 0 Å². The summed E-state index contributed by atoms with van der Waals surface area (Å²) >= 11 is 0. The molecule has 3 aromatic rings. The predicted molar refractivity (Wildman–Crippen MR) is 109 cm³/mol. The van der Waals surface area contributed by atoms with Crippen LogP contribution in [0.4, 0.5) is 4.39 Å². The van der Waals surface area contributed by atoms with E-state index in [0.717, 1.165) is 29.9 Å². The van der Waals surface area contributed by atoms with Crippen molar-refractivity contribution in [3.05, 3.63) is 77.7 Å². The number of rotatable bonds is 3. The average molecular weight is 390 g/mol. The highest BCUT2D eigenvalue weighted by molar-refractivity contribution is 5.94.